The molecule has 149 heavy (non-hydrogen) atoms. The molecule has 0 spiro atoms. The molecule has 0 unspecified atom stereocenters. The predicted octanol–water partition coefficient (Wildman–Crippen LogP) is 38.5. The summed E-state index contributed by atoms with van der Waals surface area (Å²) in [6.07, 6.45) is 8.01. The molecule has 0 atom stereocenters. The summed E-state index contributed by atoms with van der Waals surface area (Å²) in [7, 11) is 0. The number of anilines is 8. The highest BCUT2D eigenvalue weighted by Crippen LogP contribution is 2.65. The minimum atomic E-state index is -0.519. The average Bonchev–Trinajstić information content (AvgIpc) is 1.58. The molecular formula is C140H95N3O6. The van der Waals surface area contributed by atoms with Gasteiger partial charge in [-0.25, -0.2) is 0 Å². The Morgan fingerprint density at radius 1 is 0.188 bits per heavy atom. The fraction of sp³-hybridized carbons (Fsp3) is 0.0857. The van der Waals surface area contributed by atoms with E-state index in [1.165, 1.54) is 144 Å². The Morgan fingerprint density at radius 3 is 0.919 bits per heavy atom. The summed E-state index contributed by atoms with van der Waals surface area (Å²) in [6.45, 7) is 0. The molecule has 6 aromatic heterocycles. The summed E-state index contributed by atoms with van der Waals surface area (Å²) in [5.41, 5.74) is 33.1. The van der Waals surface area contributed by atoms with Gasteiger partial charge in [0.25, 0.3) is 0 Å². The van der Waals surface area contributed by atoms with Crippen LogP contribution in [0.2, 0.25) is 0 Å². The van der Waals surface area contributed by atoms with E-state index >= 15 is 0 Å². The Labute approximate surface area is 858 Å². The highest BCUT2D eigenvalue weighted by atomic mass is 16.4. The summed E-state index contributed by atoms with van der Waals surface area (Å²) in [5, 5.41) is 18.1. The number of hydrogen-bond donors (Lipinski definition) is 0. The van der Waals surface area contributed by atoms with Crippen LogP contribution in [0.15, 0.2) is 512 Å². The van der Waals surface area contributed by atoms with Gasteiger partial charge in [-0.05, 0) is 260 Å². The summed E-state index contributed by atoms with van der Waals surface area (Å²) in [5.74, 6) is 2.45. The third-order valence-corrected chi connectivity index (χ3v) is 33.6. The van der Waals surface area contributed by atoms with E-state index in [2.05, 4.69) is 451 Å². The van der Waals surface area contributed by atoms with Crippen LogP contribution < -0.4 is 14.7 Å². The van der Waals surface area contributed by atoms with E-state index in [9.17, 15) is 0 Å². The predicted molar refractivity (Wildman–Crippen MR) is 611 cm³/mol. The first-order valence-corrected chi connectivity index (χ1v) is 52.2. The molecule has 0 aliphatic heterocycles. The highest BCUT2D eigenvalue weighted by molar-refractivity contribution is 6.28. The van der Waals surface area contributed by atoms with Gasteiger partial charge >= 0.3 is 0 Å². The first kappa shape index (κ1) is 85.0. The Morgan fingerprint density at radius 2 is 0.483 bits per heavy atom. The standard InChI is InChI=1S/2C49H31NO2.C42H33NO2/c1-4-16-32(17-5-1)49(33-18-6-2-7-19-33)41-25-13-10-22-36(41)37-29-28-35(30-42(37)49)50(34-20-8-3-9-21-34)43-31-40-38-23-11-14-26-44(38)51-47(40)48-46(43)39-24-12-15-27-45(39)52-48;1-3-15-32(16-4-1)49(41-23-11-7-19-36(41)37-20-8-12-24-42(37)49)33-27-29-35(30-28-33)50(34-17-5-2-6-18-34)43-31-40-38-21-9-13-25-44(38)51-47(40)48-46(43)39-22-10-14-26-45(39)52-48;1-2-8-31-28(7-1)13-14-29-20-30(15-16-32(29)31)43(42-22-25-17-26(23-42)19-27(18-25)24-42)36-21-35-33-9-3-5-11-37(33)44-40(35)41-39(36)34-10-4-6-12-38(34)45-41/h2*1-31H;1-16,20-21,25-27H,17-19,22-24H2. The van der Waals surface area contributed by atoms with E-state index < -0.39 is 10.8 Å². The summed E-state index contributed by atoms with van der Waals surface area (Å²) in [4.78, 5) is 7.56. The minimum absolute atomic E-state index is 0.0811. The van der Waals surface area contributed by atoms with Crippen LogP contribution in [0.4, 0.5) is 45.5 Å². The van der Waals surface area contributed by atoms with Crippen LogP contribution in [-0.4, -0.2) is 5.54 Å². The van der Waals surface area contributed by atoms with Crippen LogP contribution in [0.1, 0.15) is 83.0 Å². The van der Waals surface area contributed by atoms with Crippen molar-refractivity contribution in [2.24, 2.45) is 17.8 Å². The third-order valence-electron chi connectivity index (χ3n) is 33.6. The zero-order chi connectivity index (χ0) is 97.7. The molecule has 28 aromatic rings. The van der Waals surface area contributed by atoms with Crippen molar-refractivity contribution in [1.29, 1.82) is 0 Å². The number of hydrogen-bond acceptors (Lipinski definition) is 9. The van der Waals surface area contributed by atoms with Crippen molar-refractivity contribution in [3.05, 3.63) is 530 Å². The molecule has 4 fully saturated rings. The van der Waals surface area contributed by atoms with Crippen molar-refractivity contribution in [3.63, 3.8) is 0 Å². The lowest BCUT2D eigenvalue weighted by molar-refractivity contribution is 0.000661. The van der Waals surface area contributed by atoms with Crippen LogP contribution >= 0.6 is 0 Å². The van der Waals surface area contributed by atoms with Gasteiger partial charge in [0.05, 0.1) is 44.1 Å². The second-order valence-electron chi connectivity index (χ2n) is 41.5. The molecule has 6 aliphatic carbocycles. The normalized spacial score (nSPS) is 16.5. The summed E-state index contributed by atoms with van der Waals surface area (Å²) in [6, 6.07) is 175. The number of para-hydroxylation sites is 8. The van der Waals surface area contributed by atoms with Crippen molar-refractivity contribution in [2.75, 3.05) is 14.7 Å². The van der Waals surface area contributed by atoms with Gasteiger partial charge in [0, 0.05) is 82.5 Å². The Kier molecular flexibility index (Phi) is 19.0. The second kappa shape index (κ2) is 33.3. The van der Waals surface area contributed by atoms with E-state index in [-0.39, 0.29) is 5.54 Å². The van der Waals surface area contributed by atoms with Crippen molar-refractivity contribution in [1.82, 2.24) is 0 Å². The van der Waals surface area contributed by atoms with E-state index in [1.54, 1.807) is 0 Å². The second-order valence-corrected chi connectivity index (χ2v) is 41.5. The molecule has 34 rings (SSSR count). The van der Waals surface area contributed by atoms with E-state index in [1.807, 2.05) is 48.5 Å². The molecule has 9 nitrogen and oxygen atoms in total. The fourth-order valence-corrected chi connectivity index (χ4v) is 28.0. The molecule has 9 heteroatoms. The van der Waals surface area contributed by atoms with Crippen LogP contribution in [0.25, 0.3) is 175 Å². The minimum Gasteiger partial charge on any atom is -0.452 e. The molecule has 6 heterocycles. The van der Waals surface area contributed by atoms with Crippen molar-refractivity contribution in [2.45, 2.75) is 54.9 Å². The van der Waals surface area contributed by atoms with Crippen molar-refractivity contribution in [3.8, 4) is 22.3 Å². The van der Waals surface area contributed by atoms with Crippen LogP contribution in [0, 0.1) is 17.8 Å². The molecule has 706 valence electrons. The quantitative estimate of drug-likeness (QED) is 0.105. The summed E-state index contributed by atoms with van der Waals surface area (Å²) >= 11 is 0. The Hall–Kier alpha value is -18.4. The highest BCUT2D eigenvalue weighted by Gasteiger charge is 2.56. The van der Waals surface area contributed by atoms with Gasteiger partial charge in [0.15, 0.2) is 33.5 Å². The first-order chi connectivity index (χ1) is 73.8. The van der Waals surface area contributed by atoms with E-state index in [0.29, 0.717) is 0 Å². The molecule has 4 bridgehead atoms. The summed E-state index contributed by atoms with van der Waals surface area (Å²) < 4.78 is 39.7. The van der Waals surface area contributed by atoms with Gasteiger partial charge in [-0.3, -0.25) is 0 Å². The van der Waals surface area contributed by atoms with Gasteiger partial charge < -0.3 is 41.2 Å². The van der Waals surface area contributed by atoms with Gasteiger partial charge in [0.2, 0.25) is 0 Å². The van der Waals surface area contributed by atoms with Gasteiger partial charge in [-0.2, -0.15) is 0 Å². The largest absolute Gasteiger partial charge is 0.452 e. The fourth-order valence-electron chi connectivity index (χ4n) is 28.0. The molecule has 0 amide bonds. The Balaban J connectivity index is 0.000000101. The van der Waals surface area contributed by atoms with Crippen molar-refractivity contribution < 1.29 is 26.5 Å². The monoisotopic (exact) mass is 1910 g/mol. The molecule has 0 radical (unpaired) electrons. The van der Waals surface area contributed by atoms with Gasteiger partial charge in [-0.15, -0.1) is 0 Å². The first-order valence-electron chi connectivity index (χ1n) is 52.2. The molecule has 0 saturated heterocycles. The zero-order valence-corrected chi connectivity index (χ0v) is 81.5. The third kappa shape index (κ3) is 12.8. The van der Waals surface area contributed by atoms with E-state index in [0.717, 1.165) is 178 Å². The maximum absolute atomic E-state index is 6.74. The number of benzene rings is 22. The topological polar surface area (TPSA) is 88.6 Å². The average molecular weight is 1920 g/mol. The van der Waals surface area contributed by atoms with Gasteiger partial charge in [0.1, 0.15) is 33.5 Å². The maximum atomic E-state index is 6.74. The lowest BCUT2D eigenvalue weighted by atomic mass is 9.52. The smallest absolute Gasteiger partial charge is 0.180 e. The lowest BCUT2D eigenvalue weighted by Crippen LogP contribution is -2.58. The number of rotatable bonds is 13. The SMILES string of the molecule is c1ccc(N(c2ccc(C3(c4ccccc4)c4ccccc4-c4ccccc43)cc2)c2cc3c4ccccc4oc3c3oc4ccccc4c23)cc1.c1ccc(N(c2ccc3c(c2)C(c2ccccc2)(c2ccccc2)c2ccccc2-3)c2cc3c4ccccc4oc3c3oc4ccccc4c23)cc1.c1ccc2c(c1)ccc1cc(N(c3cc4c5ccccc5oc4c4oc5ccccc5c34)C34CC5CC(CC(C5)C3)C4)ccc12. The zero-order valence-electron chi connectivity index (χ0n) is 81.5. The number of furan rings is 6. The Bertz CT molecular complexity index is 10100. The number of nitrogens with zero attached hydrogens (tertiary/aromatic N) is 3. The molecular weight excluding hydrogens is 1820 g/mol. The van der Waals surface area contributed by atoms with Crippen LogP contribution in [0.3, 0.4) is 0 Å². The van der Waals surface area contributed by atoms with E-state index in [4.69, 9.17) is 26.5 Å². The molecule has 6 aliphatic rings. The van der Waals surface area contributed by atoms with Crippen LogP contribution in [0.5, 0.6) is 0 Å². The molecule has 22 aromatic carbocycles. The lowest BCUT2D eigenvalue weighted by Gasteiger charge is -2.61. The van der Waals surface area contributed by atoms with Crippen molar-refractivity contribution >= 4 is 199 Å². The van der Waals surface area contributed by atoms with Gasteiger partial charge in [-0.1, -0.05) is 370 Å². The maximum Gasteiger partial charge on any atom is 0.180 e. The molecule has 0 N–H and O–H groups in total. The number of fused-ring (bicyclic) bond motifs is 30. The van der Waals surface area contributed by atoms with Crippen LogP contribution in [-0.2, 0) is 10.8 Å². The molecule has 4 saturated carbocycles.